The molecule has 0 fully saturated rings. The molecular formula is C53H32N4S. The fourth-order valence-corrected chi connectivity index (χ4v) is 10.7. The van der Waals surface area contributed by atoms with E-state index in [1.165, 1.54) is 80.2 Å². The van der Waals surface area contributed by atoms with Crippen LogP contribution in [0.2, 0.25) is 0 Å². The Bertz CT molecular complexity index is 3770. The van der Waals surface area contributed by atoms with E-state index in [0.717, 1.165) is 33.8 Å². The van der Waals surface area contributed by atoms with Crippen LogP contribution in [-0.4, -0.2) is 18.7 Å². The van der Waals surface area contributed by atoms with Crippen molar-refractivity contribution in [3.63, 3.8) is 0 Å². The van der Waals surface area contributed by atoms with Gasteiger partial charge in [0.25, 0.3) is 0 Å². The third kappa shape index (κ3) is 4.36. The Kier molecular flexibility index (Phi) is 6.57. The lowest BCUT2D eigenvalue weighted by Crippen LogP contribution is -1.99. The van der Waals surface area contributed by atoms with Crippen LogP contribution in [0.15, 0.2) is 194 Å². The number of hydrogen-bond donors (Lipinski definition) is 0. The Labute approximate surface area is 336 Å². The SMILES string of the molecule is c1cc(-c2ccc3sc4ccccc4c3c2)nc(-n2c3ccccc3c3c(-n4c5ccccc5c5c(-n6c7ccccc7c7ccccc76)cccc54)cccc32)c1. The van der Waals surface area contributed by atoms with Crippen molar-refractivity contribution in [2.24, 2.45) is 0 Å². The Morgan fingerprint density at radius 1 is 0.328 bits per heavy atom. The van der Waals surface area contributed by atoms with Gasteiger partial charge in [-0.1, -0.05) is 115 Å². The number of nitrogens with zero attached hydrogens (tertiary/aromatic N) is 4. The number of aromatic nitrogens is 4. The highest BCUT2D eigenvalue weighted by molar-refractivity contribution is 7.25. The summed E-state index contributed by atoms with van der Waals surface area (Å²) in [5, 5.41) is 9.93. The lowest BCUT2D eigenvalue weighted by Gasteiger charge is -2.13. The van der Waals surface area contributed by atoms with E-state index < -0.39 is 0 Å². The molecule has 5 heterocycles. The minimum atomic E-state index is 0.895. The molecule has 0 atom stereocenters. The number of para-hydroxylation sites is 4. The molecule has 5 heteroatoms. The van der Waals surface area contributed by atoms with E-state index in [9.17, 15) is 0 Å². The average molecular weight is 757 g/mol. The number of thiophene rings is 1. The molecule has 0 bridgehead atoms. The largest absolute Gasteiger partial charge is 0.309 e. The summed E-state index contributed by atoms with van der Waals surface area (Å²) in [7, 11) is 0. The van der Waals surface area contributed by atoms with E-state index in [1.807, 2.05) is 11.3 Å². The predicted octanol–water partition coefficient (Wildman–Crippen LogP) is 14.4. The highest BCUT2D eigenvalue weighted by atomic mass is 32.1. The second-order valence-electron chi connectivity index (χ2n) is 15.1. The van der Waals surface area contributed by atoms with Crippen LogP contribution in [0, 0.1) is 0 Å². The molecule has 0 aliphatic rings. The second-order valence-corrected chi connectivity index (χ2v) is 16.2. The summed E-state index contributed by atoms with van der Waals surface area (Å²) < 4.78 is 9.87. The molecule has 8 aromatic carbocycles. The molecule has 0 spiro atoms. The van der Waals surface area contributed by atoms with E-state index in [0.29, 0.717) is 0 Å². The monoisotopic (exact) mass is 756 g/mol. The third-order valence-corrected chi connectivity index (χ3v) is 13.2. The summed E-state index contributed by atoms with van der Waals surface area (Å²) in [4.78, 5) is 5.40. The number of fused-ring (bicyclic) bond motifs is 12. The molecule has 0 amide bonds. The van der Waals surface area contributed by atoms with E-state index in [-0.39, 0.29) is 0 Å². The first-order chi connectivity index (χ1) is 28.8. The van der Waals surface area contributed by atoms with Gasteiger partial charge in [-0.3, -0.25) is 4.57 Å². The quantitative estimate of drug-likeness (QED) is 0.176. The lowest BCUT2D eigenvalue weighted by molar-refractivity contribution is 1.08. The highest BCUT2D eigenvalue weighted by Crippen LogP contribution is 2.43. The molecule has 270 valence electrons. The Hall–Kier alpha value is -7.47. The highest BCUT2D eigenvalue weighted by Gasteiger charge is 2.23. The van der Waals surface area contributed by atoms with Crippen LogP contribution in [0.25, 0.3) is 114 Å². The Balaban J connectivity index is 1.06. The fourth-order valence-electron chi connectivity index (χ4n) is 9.66. The van der Waals surface area contributed by atoms with Gasteiger partial charge in [0.05, 0.1) is 50.2 Å². The van der Waals surface area contributed by atoms with Crippen LogP contribution in [0.1, 0.15) is 0 Å². The first kappa shape index (κ1) is 31.7. The average Bonchev–Trinajstić information content (AvgIpc) is 4.03. The zero-order valence-corrected chi connectivity index (χ0v) is 32.0. The van der Waals surface area contributed by atoms with Crippen molar-refractivity contribution < 1.29 is 0 Å². The molecule has 58 heavy (non-hydrogen) atoms. The maximum Gasteiger partial charge on any atom is 0.138 e. The molecule has 0 aliphatic heterocycles. The van der Waals surface area contributed by atoms with Crippen LogP contribution >= 0.6 is 11.3 Å². The summed E-state index contributed by atoms with van der Waals surface area (Å²) in [6.45, 7) is 0. The third-order valence-electron chi connectivity index (χ3n) is 12.0. The molecule has 0 aliphatic carbocycles. The Morgan fingerprint density at radius 2 is 0.793 bits per heavy atom. The molecule has 0 N–H and O–H groups in total. The van der Waals surface area contributed by atoms with Crippen LogP contribution in [0.5, 0.6) is 0 Å². The first-order valence-corrected chi connectivity index (χ1v) is 20.5. The normalized spacial score (nSPS) is 12.1. The van der Waals surface area contributed by atoms with Gasteiger partial charge in [0.15, 0.2) is 0 Å². The van der Waals surface area contributed by atoms with Crippen LogP contribution in [0.4, 0.5) is 0 Å². The minimum Gasteiger partial charge on any atom is -0.309 e. The van der Waals surface area contributed by atoms with Gasteiger partial charge in [0, 0.05) is 58.1 Å². The standard InChI is InChI=1S/C53H32N4S/c1-6-20-41-34(14-1)35-15-2-7-21-42(35)55(41)45-24-12-25-46-52(45)37-17-3-8-22-43(37)56(46)47-26-13-27-48-53(47)38-18-4-9-23-44(38)57(48)51-29-11-19-40(54-51)33-30-31-50-39(32-33)36-16-5-10-28-49(36)58-50/h1-32H. The van der Waals surface area contributed by atoms with Crippen molar-refractivity contribution in [2.75, 3.05) is 0 Å². The number of benzene rings is 8. The van der Waals surface area contributed by atoms with Gasteiger partial charge in [-0.05, 0) is 78.9 Å². The van der Waals surface area contributed by atoms with Gasteiger partial charge < -0.3 is 9.13 Å². The van der Waals surface area contributed by atoms with E-state index >= 15 is 0 Å². The lowest BCUT2D eigenvalue weighted by atomic mass is 10.1. The molecule has 13 aromatic rings. The topological polar surface area (TPSA) is 27.7 Å². The summed E-state index contributed by atoms with van der Waals surface area (Å²) in [6, 6.07) is 70.5. The number of rotatable bonds is 4. The molecule has 13 rings (SSSR count). The maximum atomic E-state index is 5.40. The summed E-state index contributed by atoms with van der Waals surface area (Å²) in [6.07, 6.45) is 0. The van der Waals surface area contributed by atoms with E-state index in [2.05, 4.69) is 208 Å². The summed E-state index contributed by atoms with van der Waals surface area (Å²) >= 11 is 1.84. The van der Waals surface area contributed by atoms with Crippen molar-refractivity contribution in [1.82, 2.24) is 18.7 Å². The fraction of sp³-hybridized carbons (Fsp3) is 0. The molecular weight excluding hydrogens is 725 g/mol. The predicted molar refractivity (Wildman–Crippen MR) is 246 cm³/mol. The van der Waals surface area contributed by atoms with Crippen molar-refractivity contribution >= 4 is 96.9 Å². The van der Waals surface area contributed by atoms with Gasteiger partial charge >= 0.3 is 0 Å². The van der Waals surface area contributed by atoms with Crippen molar-refractivity contribution in [3.05, 3.63) is 194 Å². The number of pyridine rings is 1. The van der Waals surface area contributed by atoms with Gasteiger partial charge in [0.1, 0.15) is 5.82 Å². The summed E-state index contributed by atoms with van der Waals surface area (Å²) in [5.41, 5.74) is 11.4. The van der Waals surface area contributed by atoms with Crippen LogP contribution < -0.4 is 0 Å². The van der Waals surface area contributed by atoms with Crippen LogP contribution in [-0.2, 0) is 0 Å². The smallest absolute Gasteiger partial charge is 0.138 e. The van der Waals surface area contributed by atoms with Crippen LogP contribution in [0.3, 0.4) is 0 Å². The first-order valence-electron chi connectivity index (χ1n) is 19.7. The Morgan fingerprint density at radius 3 is 1.45 bits per heavy atom. The van der Waals surface area contributed by atoms with Gasteiger partial charge in [-0.2, -0.15) is 0 Å². The molecule has 0 unspecified atom stereocenters. The van der Waals surface area contributed by atoms with Crippen molar-refractivity contribution in [3.8, 4) is 28.5 Å². The molecule has 0 saturated carbocycles. The molecule has 4 nitrogen and oxygen atoms in total. The summed E-state index contributed by atoms with van der Waals surface area (Å²) in [5.74, 6) is 0.895. The van der Waals surface area contributed by atoms with E-state index in [1.54, 1.807) is 0 Å². The van der Waals surface area contributed by atoms with Gasteiger partial charge in [-0.25, -0.2) is 4.98 Å². The van der Waals surface area contributed by atoms with Gasteiger partial charge in [-0.15, -0.1) is 11.3 Å². The molecule has 0 saturated heterocycles. The van der Waals surface area contributed by atoms with Crippen molar-refractivity contribution in [1.29, 1.82) is 0 Å². The molecule has 5 aromatic heterocycles. The van der Waals surface area contributed by atoms with E-state index in [4.69, 9.17) is 4.98 Å². The maximum absolute atomic E-state index is 5.40. The zero-order valence-electron chi connectivity index (χ0n) is 31.2. The zero-order chi connectivity index (χ0) is 37.9. The minimum absolute atomic E-state index is 0.895. The number of hydrogen-bond acceptors (Lipinski definition) is 2. The van der Waals surface area contributed by atoms with Crippen molar-refractivity contribution in [2.45, 2.75) is 0 Å². The van der Waals surface area contributed by atoms with Gasteiger partial charge in [0.2, 0.25) is 0 Å². The second kappa shape index (κ2) is 12.0. The molecule has 0 radical (unpaired) electrons.